The van der Waals surface area contributed by atoms with E-state index in [2.05, 4.69) is 22.4 Å². The van der Waals surface area contributed by atoms with E-state index in [-0.39, 0.29) is 23.3 Å². The monoisotopic (exact) mass is 558 g/mol. The molecular formula is C31H30N2O4S2. The fraction of sp³-hybridized carbons (Fsp3) is 0.355. The van der Waals surface area contributed by atoms with Crippen molar-refractivity contribution in [3.63, 3.8) is 0 Å². The zero-order chi connectivity index (χ0) is 26.5. The second-order valence-corrected chi connectivity index (χ2v) is 12.9. The number of aromatic amines is 1. The van der Waals surface area contributed by atoms with Crippen molar-refractivity contribution >= 4 is 45.5 Å². The molecule has 39 heavy (non-hydrogen) atoms. The molecule has 2 bridgehead atoms. The number of rotatable bonds is 7. The maximum Gasteiger partial charge on any atom is 0.305 e. The predicted molar refractivity (Wildman–Crippen MR) is 156 cm³/mol. The highest BCUT2D eigenvalue weighted by molar-refractivity contribution is 8.00. The second-order valence-electron chi connectivity index (χ2n) is 10.7. The summed E-state index contributed by atoms with van der Waals surface area (Å²) in [5, 5.41) is 6.73. The van der Waals surface area contributed by atoms with Gasteiger partial charge in [-0.1, -0.05) is 47.7 Å². The molecule has 1 amide bonds. The Morgan fingerprint density at radius 1 is 1.00 bits per heavy atom. The first kappa shape index (κ1) is 24.8. The third-order valence-corrected chi connectivity index (χ3v) is 11.1. The lowest BCUT2D eigenvalue weighted by Crippen LogP contribution is -2.33. The lowest BCUT2D eigenvalue weighted by atomic mass is 9.75. The van der Waals surface area contributed by atoms with Crippen molar-refractivity contribution in [2.45, 2.75) is 42.4 Å². The van der Waals surface area contributed by atoms with Crippen molar-refractivity contribution in [2.75, 3.05) is 18.5 Å². The molecule has 0 saturated heterocycles. The number of H-pyrrole nitrogens is 1. The average Bonchev–Trinajstić information content (AvgIpc) is 3.65. The van der Waals surface area contributed by atoms with E-state index in [9.17, 15) is 9.59 Å². The van der Waals surface area contributed by atoms with E-state index in [1.54, 1.807) is 0 Å². The molecule has 6 nitrogen and oxygen atoms in total. The highest BCUT2D eigenvalue weighted by Gasteiger charge is 2.54. The van der Waals surface area contributed by atoms with E-state index in [0.717, 1.165) is 37.8 Å². The van der Waals surface area contributed by atoms with Crippen LogP contribution in [0.25, 0.3) is 10.8 Å². The van der Waals surface area contributed by atoms with Crippen LogP contribution < -0.4 is 19.7 Å². The number of thiazole rings is 1. The standard InChI is InChI=1S/C31H30N2O4S2/c1-2-36-24-15-20(27-26-19-7-8-21(13-19)28(26)38-30-29(27)39-31(35)33-30)10-12-23(24)37-16-25(34)32-22-11-9-17-5-3-4-6-18(17)14-22/h3-6,9-12,14-15,19,21,26-28H,2,7-8,13,16H2,1H3,(H,32,34)(H,33,35)/t19?,21?,26?,27-,28?/m1/s1. The van der Waals surface area contributed by atoms with Gasteiger partial charge in [0.2, 0.25) is 0 Å². The van der Waals surface area contributed by atoms with Crippen LogP contribution in [-0.4, -0.2) is 29.4 Å². The zero-order valence-electron chi connectivity index (χ0n) is 21.6. The first-order chi connectivity index (χ1) is 19.1. The molecule has 2 aliphatic carbocycles. The van der Waals surface area contributed by atoms with Crippen LogP contribution in [0.3, 0.4) is 0 Å². The smallest absolute Gasteiger partial charge is 0.305 e. The lowest BCUT2D eigenvalue weighted by molar-refractivity contribution is -0.118. The third kappa shape index (κ3) is 4.53. The van der Waals surface area contributed by atoms with Crippen LogP contribution in [0.4, 0.5) is 5.69 Å². The summed E-state index contributed by atoms with van der Waals surface area (Å²) in [6.07, 6.45) is 3.88. The number of fused-ring (bicyclic) bond motifs is 7. The molecule has 2 N–H and O–H groups in total. The Kier molecular flexibility index (Phi) is 6.40. The number of benzene rings is 3. The number of nitrogens with one attached hydrogen (secondary N) is 2. The van der Waals surface area contributed by atoms with Crippen molar-refractivity contribution in [3.05, 3.63) is 80.8 Å². The molecule has 5 atom stereocenters. The van der Waals surface area contributed by atoms with Gasteiger partial charge in [0.25, 0.3) is 5.91 Å². The van der Waals surface area contributed by atoms with E-state index in [0.29, 0.717) is 35.2 Å². The van der Waals surface area contributed by atoms with Crippen molar-refractivity contribution < 1.29 is 14.3 Å². The lowest BCUT2D eigenvalue weighted by Gasteiger charge is -2.40. The summed E-state index contributed by atoms with van der Waals surface area (Å²) >= 11 is 3.25. The summed E-state index contributed by atoms with van der Waals surface area (Å²) in [7, 11) is 0. The van der Waals surface area contributed by atoms with Crippen molar-refractivity contribution in [2.24, 2.45) is 17.8 Å². The summed E-state index contributed by atoms with van der Waals surface area (Å²) in [4.78, 5) is 29.4. The van der Waals surface area contributed by atoms with Gasteiger partial charge in [-0.05, 0) is 84.5 Å². The number of aromatic nitrogens is 1. The van der Waals surface area contributed by atoms with E-state index in [1.165, 1.54) is 30.6 Å². The molecule has 0 radical (unpaired) electrons. The van der Waals surface area contributed by atoms with E-state index < -0.39 is 0 Å². The molecule has 0 spiro atoms. The third-order valence-electron chi connectivity index (χ3n) is 8.48. The van der Waals surface area contributed by atoms with E-state index >= 15 is 0 Å². The van der Waals surface area contributed by atoms with Gasteiger partial charge in [0.1, 0.15) is 0 Å². The Morgan fingerprint density at radius 2 is 1.85 bits per heavy atom. The molecule has 200 valence electrons. The molecule has 3 aliphatic rings. The Hall–Kier alpha value is -3.23. The molecule has 8 heteroatoms. The van der Waals surface area contributed by atoms with Crippen LogP contribution in [0.2, 0.25) is 0 Å². The molecule has 4 unspecified atom stereocenters. The number of anilines is 1. The normalized spacial score (nSPS) is 24.8. The number of hydrogen-bond acceptors (Lipinski definition) is 6. The largest absolute Gasteiger partial charge is 0.490 e. The summed E-state index contributed by atoms with van der Waals surface area (Å²) in [5.74, 6) is 3.10. The van der Waals surface area contributed by atoms with Gasteiger partial charge in [0.15, 0.2) is 18.1 Å². The minimum absolute atomic E-state index is 0.0206. The van der Waals surface area contributed by atoms with Crippen molar-refractivity contribution in [3.8, 4) is 11.5 Å². The molecule has 7 rings (SSSR count). The topological polar surface area (TPSA) is 80.4 Å². The number of amides is 1. The molecule has 2 saturated carbocycles. The second kappa shape index (κ2) is 10.1. The SMILES string of the molecule is CCOc1cc([C@H]2c3sc(=O)[nH]c3SC3C4CCC(C4)C32)ccc1OCC(=O)Nc1ccc2ccccc2c1. The van der Waals surface area contributed by atoms with Gasteiger partial charge >= 0.3 is 4.87 Å². The van der Waals surface area contributed by atoms with Gasteiger partial charge in [-0.15, -0.1) is 11.8 Å². The molecular weight excluding hydrogens is 528 g/mol. The molecule has 2 heterocycles. The number of carbonyl (C=O) groups excluding carboxylic acids is 1. The average molecular weight is 559 g/mol. The Balaban J connectivity index is 1.12. The summed E-state index contributed by atoms with van der Waals surface area (Å²) in [6, 6.07) is 20.0. The molecule has 1 aromatic heterocycles. The van der Waals surface area contributed by atoms with Gasteiger partial charge in [-0.25, -0.2) is 0 Å². The minimum Gasteiger partial charge on any atom is -0.490 e. The fourth-order valence-electron chi connectivity index (χ4n) is 6.94. The highest BCUT2D eigenvalue weighted by atomic mass is 32.2. The number of thioether (sulfide) groups is 1. The van der Waals surface area contributed by atoms with E-state index in [1.807, 2.05) is 67.2 Å². The first-order valence-corrected chi connectivity index (χ1v) is 15.3. The minimum atomic E-state index is -0.229. The van der Waals surface area contributed by atoms with E-state index in [4.69, 9.17) is 9.47 Å². The van der Waals surface area contributed by atoms with Gasteiger partial charge in [0, 0.05) is 21.7 Å². The maximum absolute atomic E-state index is 12.7. The van der Waals surface area contributed by atoms with Crippen LogP contribution in [-0.2, 0) is 4.79 Å². The Labute approximate surface area is 235 Å². The number of ether oxygens (including phenoxy) is 2. The Bertz CT molecular complexity index is 1610. The molecule has 3 aromatic carbocycles. The van der Waals surface area contributed by atoms with Crippen LogP contribution in [0.15, 0.2) is 70.5 Å². The molecule has 2 fully saturated rings. The zero-order valence-corrected chi connectivity index (χ0v) is 23.3. The summed E-state index contributed by atoms with van der Waals surface area (Å²) in [6.45, 7) is 2.32. The fourth-order valence-corrected chi connectivity index (χ4v) is 9.83. The number of carbonyl (C=O) groups is 1. The van der Waals surface area contributed by atoms with Gasteiger partial charge in [-0.2, -0.15) is 0 Å². The van der Waals surface area contributed by atoms with Crippen LogP contribution >= 0.6 is 23.1 Å². The maximum atomic E-state index is 12.7. The van der Waals surface area contributed by atoms with Gasteiger partial charge < -0.3 is 19.8 Å². The van der Waals surface area contributed by atoms with Crippen molar-refractivity contribution in [1.82, 2.24) is 4.98 Å². The van der Waals surface area contributed by atoms with Crippen LogP contribution in [0, 0.1) is 17.8 Å². The predicted octanol–water partition coefficient (Wildman–Crippen LogP) is 6.66. The summed E-state index contributed by atoms with van der Waals surface area (Å²) in [5.41, 5.74) is 1.89. The van der Waals surface area contributed by atoms with Gasteiger partial charge in [0.05, 0.1) is 11.6 Å². The molecule has 1 aliphatic heterocycles. The molecule has 4 aromatic rings. The first-order valence-electron chi connectivity index (χ1n) is 13.6. The highest BCUT2D eigenvalue weighted by Crippen LogP contribution is 2.63. The van der Waals surface area contributed by atoms with Crippen molar-refractivity contribution in [1.29, 1.82) is 0 Å². The quantitative estimate of drug-likeness (QED) is 0.265. The Morgan fingerprint density at radius 3 is 2.72 bits per heavy atom. The van der Waals surface area contributed by atoms with Crippen LogP contribution in [0.1, 0.15) is 42.5 Å². The van der Waals surface area contributed by atoms with Crippen LogP contribution in [0.5, 0.6) is 11.5 Å². The number of hydrogen-bond donors (Lipinski definition) is 2. The van der Waals surface area contributed by atoms with Gasteiger partial charge in [-0.3, -0.25) is 9.59 Å². The summed E-state index contributed by atoms with van der Waals surface area (Å²) < 4.78 is 12.0.